The number of hydrogen-bond donors (Lipinski definition) is 1. The van der Waals surface area contributed by atoms with Gasteiger partial charge in [-0.1, -0.05) is 19.0 Å². The molecule has 1 heterocycles. The average molecular weight is 167 g/mol. The van der Waals surface area contributed by atoms with Gasteiger partial charge in [0.1, 0.15) is 0 Å². The van der Waals surface area contributed by atoms with Crippen LogP contribution in [0.15, 0.2) is 11.4 Å². The molecule has 0 aliphatic carbocycles. The van der Waals surface area contributed by atoms with Crippen LogP contribution in [0.25, 0.3) is 0 Å². The summed E-state index contributed by atoms with van der Waals surface area (Å²) in [5, 5.41) is 15.6. The van der Waals surface area contributed by atoms with E-state index in [9.17, 15) is 0 Å². The molecule has 0 unspecified atom stereocenters. The minimum Gasteiger partial charge on any atom is -0.411 e. The highest BCUT2D eigenvalue weighted by Crippen LogP contribution is 2.15. The van der Waals surface area contributed by atoms with E-state index in [0.717, 1.165) is 11.3 Å². The summed E-state index contributed by atoms with van der Waals surface area (Å²) in [7, 11) is 1.85. The first-order chi connectivity index (χ1) is 5.65. The molecule has 0 saturated carbocycles. The summed E-state index contributed by atoms with van der Waals surface area (Å²) in [5.74, 6) is 0.346. The first-order valence-corrected chi connectivity index (χ1v) is 3.86. The molecule has 1 aromatic heterocycles. The van der Waals surface area contributed by atoms with E-state index in [1.807, 2.05) is 13.2 Å². The monoisotopic (exact) mass is 167 g/mol. The SMILES string of the molecule is CC(C)c1nn(C)cc1/C=N/O. The highest BCUT2D eigenvalue weighted by Gasteiger charge is 2.08. The number of oxime groups is 1. The van der Waals surface area contributed by atoms with Gasteiger partial charge in [-0.25, -0.2) is 0 Å². The molecule has 0 radical (unpaired) electrons. The van der Waals surface area contributed by atoms with E-state index in [2.05, 4.69) is 24.1 Å². The predicted molar refractivity (Wildman–Crippen MR) is 46.7 cm³/mol. The number of aryl methyl sites for hydroxylation is 1. The minimum absolute atomic E-state index is 0.346. The summed E-state index contributed by atoms with van der Waals surface area (Å²) in [4.78, 5) is 0. The Morgan fingerprint density at radius 2 is 2.33 bits per heavy atom. The van der Waals surface area contributed by atoms with Crippen LogP contribution in [0.2, 0.25) is 0 Å². The van der Waals surface area contributed by atoms with Crippen molar-refractivity contribution in [2.24, 2.45) is 12.2 Å². The molecule has 0 atom stereocenters. The standard InChI is InChI=1S/C8H13N3O/c1-6(2)8-7(4-9-12)5-11(3)10-8/h4-6,12H,1-3H3/b9-4+. The van der Waals surface area contributed by atoms with Crippen LogP contribution in [0, 0.1) is 0 Å². The molecule has 0 amide bonds. The highest BCUT2D eigenvalue weighted by atomic mass is 16.4. The Morgan fingerprint density at radius 3 is 2.83 bits per heavy atom. The summed E-state index contributed by atoms with van der Waals surface area (Å²) in [6, 6.07) is 0. The normalized spacial score (nSPS) is 11.7. The van der Waals surface area contributed by atoms with Gasteiger partial charge < -0.3 is 5.21 Å². The fourth-order valence-electron chi connectivity index (χ4n) is 1.13. The van der Waals surface area contributed by atoms with Crippen LogP contribution >= 0.6 is 0 Å². The molecule has 4 nitrogen and oxygen atoms in total. The molecule has 12 heavy (non-hydrogen) atoms. The number of nitrogens with zero attached hydrogens (tertiary/aromatic N) is 3. The Bertz CT molecular complexity index is 288. The van der Waals surface area contributed by atoms with Crippen molar-refractivity contribution in [2.75, 3.05) is 0 Å². The molecule has 4 heteroatoms. The van der Waals surface area contributed by atoms with Gasteiger partial charge in [-0.05, 0) is 5.92 Å². The van der Waals surface area contributed by atoms with Crippen LogP contribution in [0.1, 0.15) is 31.0 Å². The van der Waals surface area contributed by atoms with Gasteiger partial charge >= 0.3 is 0 Å². The van der Waals surface area contributed by atoms with Crippen molar-refractivity contribution in [3.63, 3.8) is 0 Å². The third kappa shape index (κ3) is 1.64. The molecule has 0 saturated heterocycles. The lowest BCUT2D eigenvalue weighted by Gasteiger charge is -1.99. The van der Waals surface area contributed by atoms with Crippen LogP contribution in [0.5, 0.6) is 0 Å². The topological polar surface area (TPSA) is 50.4 Å². The van der Waals surface area contributed by atoms with Crippen LogP contribution in [-0.4, -0.2) is 21.2 Å². The van der Waals surface area contributed by atoms with Gasteiger partial charge in [0.05, 0.1) is 11.9 Å². The lowest BCUT2D eigenvalue weighted by molar-refractivity contribution is 0.322. The Labute approximate surface area is 71.5 Å². The summed E-state index contributed by atoms with van der Waals surface area (Å²) < 4.78 is 1.71. The lowest BCUT2D eigenvalue weighted by Crippen LogP contribution is -1.94. The van der Waals surface area contributed by atoms with E-state index in [1.54, 1.807) is 4.68 Å². The molecule has 0 bridgehead atoms. The van der Waals surface area contributed by atoms with E-state index < -0.39 is 0 Å². The van der Waals surface area contributed by atoms with Crippen LogP contribution in [0.3, 0.4) is 0 Å². The first kappa shape index (κ1) is 8.77. The first-order valence-electron chi connectivity index (χ1n) is 3.86. The van der Waals surface area contributed by atoms with E-state index in [-0.39, 0.29) is 0 Å². The molecule has 0 aliphatic rings. The van der Waals surface area contributed by atoms with Crippen molar-refractivity contribution in [3.05, 3.63) is 17.5 Å². The van der Waals surface area contributed by atoms with Gasteiger partial charge in [0.15, 0.2) is 0 Å². The van der Waals surface area contributed by atoms with E-state index >= 15 is 0 Å². The second-order valence-corrected chi connectivity index (χ2v) is 3.04. The summed E-state index contributed by atoms with van der Waals surface area (Å²) in [5.41, 5.74) is 1.82. The van der Waals surface area contributed by atoms with Gasteiger partial charge in [0.2, 0.25) is 0 Å². The summed E-state index contributed by atoms with van der Waals surface area (Å²) in [6.07, 6.45) is 3.23. The summed E-state index contributed by atoms with van der Waals surface area (Å²) >= 11 is 0. The third-order valence-electron chi connectivity index (χ3n) is 1.63. The summed E-state index contributed by atoms with van der Waals surface area (Å²) in [6.45, 7) is 4.11. The maximum atomic E-state index is 8.37. The number of rotatable bonds is 2. The van der Waals surface area contributed by atoms with E-state index in [0.29, 0.717) is 5.92 Å². The Balaban J connectivity index is 3.08. The van der Waals surface area contributed by atoms with Crippen LogP contribution in [0.4, 0.5) is 0 Å². The van der Waals surface area contributed by atoms with Gasteiger partial charge in [0.25, 0.3) is 0 Å². The molecule has 0 aliphatic heterocycles. The van der Waals surface area contributed by atoms with Crippen molar-refractivity contribution < 1.29 is 5.21 Å². The molecular formula is C8H13N3O. The van der Waals surface area contributed by atoms with Gasteiger partial charge in [-0.2, -0.15) is 5.10 Å². The van der Waals surface area contributed by atoms with Gasteiger partial charge in [0, 0.05) is 18.8 Å². The molecule has 0 aromatic carbocycles. The fourth-order valence-corrected chi connectivity index (χ4v) is 1.13. The Kier molecular flexibility index (Phi) is 2.47. The van der Waals surface area contributed by atoms with Gasteiger partial charge in [-0.15, -0.1) is 0 Å². The molecule has 0 fully saturated rings. The highest BCUT2D eigenvalue weighted by molar-refractivity contribution is 5.80. The van der Waals surface area contributed by atoms with Gasteiger partial charge in [-0.3, -0.25) is 4.68 Å². The second-order valence-electron chi connectivity index (χ2n) is 3.04. The Hall–Kier alpha value is -1.32. The van der Waals surface area contributed by atoms with Crippen molar-refractivity contribution in [2.45, 2.75) is 19.8 Å². The second kappa shape index (κ2) is 3.38. The smallest absolute Gasteiger partial charge is 0.0768 e. The average Bonchev–Trinajstić information content (AvgIpc) is 2.32. The number of hydrogen-bond acceptors (Lipinski definition) is 3. The quantitative estimate of drug-likeness (QED) is 0.410. The zero-order valence-corrected chi connectivity index (χ0v) is 7.52. The molecule has 1 aromatic rings. The van der Waals surface area contributed by atoms with Crippen molar-refractivity contribution in [1.82, 2.24) is 9.78 Å². The van der Waals surface area contributed by atoms with Crippen LogP contribution < -0.4 is 0 Å². The largest absolute Gasteiger partial charge is 0.411 e. The molecule has 1 N–H and O–H groups in total. The van der Waals surface area contributed by atoms with Crippen molar-refractivity contribution in [1.29, 1.82) is 0 Å². The minimum atomic E-state index is 0.346. The molecule has 1 rings (SSSR count). The van der Waals surface area contributed by atoms with Crippen molar-refractivity contribution in [3.8, 4) is 0 Å². The molecular weight excluding hydrogens is 154 g/mol. The molecule has 66 valence electrons. The van der Waals surface area contributed by atoms with Crippen LogP contribution in [-0.2, 0) is 7.05 Å². The maximum Gasteiger partial charge on any atom is 0.0768 e. The van der Waals surface area contributed by atoms with E-state index in [4.69, 9.17) is 5.21 Å². The maximum absolute atomic E-state index is 8.37. The third-order valence-corrected chi connectivity index (χ3v) is 1.63. The number of aromatic nitrogens is 2. The predicted octanol–water partition coefficient (Wildman–Crippen LogP) is 1.35. The van der Waals surface area contributed by atoms with E-state index in [1.165, 1.54) is 6.21 Å². The zero-order valence-electron chi connectivity index (χ0n) is 7.52. The van der Waals surface area contributed by atoms with Crippen molar-refractivity contribution >= 4 is 6.21 Å². The zero-order chi connectivity index (χ0) is 9.14. The fraction of sp³-hybridized carbons (Fsp3) is 0.500. The lowest BCUT2D eigenvalue weighted by atomic mass is 10.1. The molecule has 0 spiro atoms. The Morgan fingerprint density at radius 1 is 1.67 bits per heavy atom.